The number of alkyl carbamates (subject to hydrolysis) is 1. The van der Waals surface area contributed by atoms with E-state index in [0.29, 0.717) is 10.6 Å². The summed E-state index contributed by atoms with van der Waals surface area (Å²) in [4.78, 5) is 66.3. The molecule has 0 spiro atoms. The average molecular weight is 793 g/mol. The first-order valence-electron chi connectivity index (χ1n) is 18.2. The zero-order chi connectivity index (χ0) is 40.4. The van der Waals surface area contributed by atoms with Crippen molar-refractivity contribution in [2.24, 2.45) is 5.41 Å². The van der Waals surface area contributed by atoms with Gasteiger partial charge in [-0.15, -0.1) is 0 Å². The van der Waals surface area contributed by atoms with Crippen molar-refractivity contribution in [3.8, 4) is 16.9 Å². The van der Waals surface area contributed by atoms with Gasteiger partial charge in [-0.05, 0) is 74.6 Å². The molecule has 0 radical (unpaired) electrons. The minimum absolute atomic E-state index is 0.0499. The van der Waals surface area contributed by atoms with Gasteiger partial charge in [-0.25, -0.2) is 14.2 Å². The summed E-state index contributed by atoms with van der Waals surface area (Å²) in [5, 5.41) is 3.23. The lowest BCUT2D eigenvalue weighted by atomic mass is 9.92. The summed E-state index contributed by atoms with van der Waals surface area (Å²) < 4.78 is 48.5. The zero-order valence-corrected chi connectivity index (χ0v) is 32.8. The summed E-state index contributed by atoms with van der Waals surface area (Å²) in [5.41, 5.74) is 3.95. The van der Waals surface area contributed by atoms with Crippen LogP contribution >= 0.6 is 7.60 Å². The van der Waals surface area contributed by atoms with Gasteiger partial charge in [0, 0.05) is 25.4 Å². The third-order valence-corrected chi connectivity index (χ3v) is 10.7. The molecule has 2 heterocycles. The molecule has 0 bridgehead atoms. The zero-order valence-electron chi connectivity index (χ0n) is 31.9. The normalized spacial score (nSPS) is 22.1. The third kappa shape index (κ3) is 9.23. The molecule has 2 aliphatic heterocycles. The molecule has 4 unspecified atom stereocenters. The fourth-order valence-electron chi connectivity index (χ4n) is 6.87. The van der Waals surface area contributed by atoms with E-state index in [1.165, 1.54) is 30.9 Å². The molecule has 3 aliphatic rings. The number of hydrogen-bond donors (Lipinski definition) is 1. The van der Waals surface area contributed by atoms with E-state index in [9.17, 15) is 28.5 Å². The van der Waals surface area contributed by atoms with Crippen molar-refractivity contribution in [1.29, 1.82) is 0 Å². The number of hydrogen-bond acceptors (Lipinski definition) is 13. The number of nitrogens with zero attached hydrogens (tertiary/aromatic N) is 1. The van der Waals surface area contributed by atoms with E-state index in [1.54, 1.807) is 27.7 Å². The molecule has 3 aromatic carbocycles. The minimum Gasteiger partial charge on any atom is -0.462 e. The number of rotatable bonds is 12. The lowest BCUT2D eigenvalue weighted by Gasteiger charge is -2.29. The highest BCUT2D eigenvalue weighted by atomic mass is 31.2. The van der Waals surface area contributed by atoms with E-state index >= 15 is 0 Å². The van der Waals surface area contributed by atoms with Crippen molar-refractivity contribution in [2.75, 3.05) is 13.3 Å². The van der Waals surface area contributed by atoms with Crippen molar-refractivity contribution in [1.82, 2.24) is 10.4 Å². The van der Waals surface area contributed by atoms with Crippen LogP contribution in [-0.2, 0) is 53.9 Å². The molecule has 15 nitrogen and oxygen atoms in total. The summed E-state index contributed by atoms with van der Waals surface area (Å²) in [6.45, 7) is 9.41. The van der Waals surface area contributed by atoms with Gasteiger partial charge in [0.05, 0.1) is 17.6 Å². The second-order valence-electron chi connectivity index (χ2n) is 14.9. The number of ether oxygens (including phenoxy) is 4. The number of fused-ring (bicyclic) bond motifs is 3. The maximum atomic E-state index is 13.9. The number of hydroxylamine groups is 2. The largest absolute Gasteiger partial charge is 0.534 e. The Labute approximate surface area is 324 Å². The first-order chi connectivity index (χ1) is 26.5. The van der Waals surface area contributed by atoms with Crippen LogP contribution in [0.5, 0.6) is 5.75 Å². The number of esters is 1. The quantitative estimate of drug-likeness (QED) is 0.0890. The minimum atomic E-state index is -3.97. The summed E-state index contributed by atoms with van der Waals surface area (Å²) in [6, 6.07) is 21.1. The molecule has 2 fully saturated rings. The molecular weight excluding hydrogens is 747 g/mol. The van der Waals surface area contributed by atoms with Gasteiger partial charge in [0.2, 0.25) is 0 Å². The lowest BCUT2D eigenvalue weighted by Crippen LogP contribution is -2.49. The summed E-state index contributed by atoms with van der Waals surface area (Å²) in [5.74, 6) is -1.81. The van der Waals surface area contributed by atoms with Gasteiger partial charge in [0.25, 0.3) is 11.8 Å². The first-order valence-corrected chi connectivity index (χ1v) is 20.2. The number of nitrogens with one attached hydrogen (secondary N) is 1. The average Bonchev–Trinajstić information content (AvgIpc) is 3.75. The van der Waals surface area contributed by atoms with Crippen molar-refractivity contribution in [3.63, 3.8) is 0 Å². The Bertz CT molecular complexity index is 1970. The van der Waals surface area contributed by atoms with Crippen LogP contribution in [0.1, 0.15) is 70.1 Å². The molecule has 0 saturated carbocycles. The van der Waals surface area contributed by atoms with Gasteiger partial charge >= 0.3 is 25.8 Å². The second-order valence-corrected chi connectivity index (χ2v) is 16.9. The molecule has 2 saturated heterocycles. The monoisotopic (exact) mass is 792 g/mol. The van der Waals surface area contributed by atoms with Crippen LogP contribution in [0.25, 0.3) is 11.1 Å². The number of imide groups is 1. The molecule has 1 N–H and O–H groups in total. The highest BCUT2D eigenvalue weighted by Crippen LogP contribution is 2.49. The van der Waals surface area contributed by atoms with Crippen molar-refractivity contribution >= 4 is 37.6 Å². The van der Waals surface area contributed by atoms with Gasteiger partial charge in [0.15, 0.2) is 0 Å². The van der Waals surface area contributed by atoms with Crippen LogP contribution in [0, 0.1) is 5.41 Å². The van der Waals surface area contributed by atoms with E-state index in [4.69, 9.17) is 32.8 Å². The predicted octanol–water partition coefficient (Wildman–Crippen LogP) is 6.66. The number of benzene rings is 3. The molecule has 6 atom stereocenters. The van der Waals surface area contributed by atoms with Gasteiger partial charge < -0.3 is 28.8 Å². The van der Waals surface area contributed by atoms with E-state index < -0.39 is 73.5 Å². The molecule has 6 rings (SSSR count). The Morgan fingerprint density at radius 1 is 0.911 bits per heavy atom. The van der Waals surface area contributed by atoms with E-state index in [1.807, 2.05) is 55.5 Å². The topological polar surface area (TPSA) is 182 Å². The highest BCUT2D eigenvalue weighted by molar-refractivity contribution is 7.53. The predicted molar refractivity (Wildman–Crippen MR) is 199 cm³/mol. The van der Waals surface area contributed by atoms with Crippen LogP contribution in [-0.4, -0.2) is 78.8 Å². The number of amides is 3. The van der Waals surface area contributed by atoms with Crippen LogP contribution in [0.4, 0.5) is 9.59 Å². The van der Waals surface area contributed by atoms with Crippen molar-refractivity contribution in [3.05, 3.63) is 89.5 Å². The van der Waals surface area contributed by atoms with Crippen LogP contribution in [0.3, 0.4) is 0 Å². The maximum absolute atomic E-state index is 13.9. The molecule has 298 valence electrons. The Morgan fingerprint density at radius 3 is 2.09 bits per heavy atom. The number of carbonyl (C=O) groups is 5. The number of carbonyl (C=O) groups excluding carboxylic acids is 5. The fraction of sp³-hybridized carbons (Fsp3) is 0.425. The first kappa shape index (κ1) is 40.4. The molecule has 0 aromatic heterocycles. The van der Waals surface area contributed by atoms with Crippen molar-refractivity contribution in [2.45, 2.75) is 90.4 Å². The maximum Gasteiger partial charge on any atom is 0.534 e. The molecule has 3 aromatic rings. The van der Waals surface area contributed by atoms with Gasteiger partial charge in [-0.1, -0.05) is 65.7 Å². The fourth-order valence-corrected chi connectivity index (χ4v) is 8.12. The molecule has 1 aliphatic carbocycles. The van der Waals surface area contributed by atoms with Gasteiger partial charge in [-0.2, -0.15) is 0 Å². The molecule has 16 heteroatoms. The van der Waals surface area contributed by atoms with Crippen LogP contribution in [0.15, 0.2) is 72.8 Å². The van der Waals surface area contributed by atoms with E-state index in [-0.39, 0.29) is 37.7 Å². The van der Waals surface area contributed by atoms with Gasteiger partial charge in [-0.3, -0.25) is 23.7 Å². The Kier molecular flexibility index (Phi) is 11.9. The smallest absolute Gasteiger partial charge is 0.462 e. The molecule has 3 amide bonds. The second kappa shape index (κ2) is 16.5. The Hall–Kier alpha value is -5.24. The molecule has 56 heavy (non-hydrogen) atoms. The SMILES string of the molecule is CC(OC(=O)NC1C(OP(C)(=O)Oc2ccc(COC(=O)ON3C(=O)CCC3=O)cc2)[C@@H](COC(=O)C(C)(C)C)O[C@H]1C)C1c2ccccc2-c2ccccc21. The standard InChI is InChI=1S/C40H45N2O13P/c1-23(34-29-13-9-7-11-27(29)28-12-8-10-14-30(28)34)52-38(46)41-35-24(2)51-31(22-49-37(45)40(3,4)5)36(35)55-56(6,48)54-26-17-15-25(16-18-26)21-50-39(47)53-42-32(43)19-20-33(42)44/h7-18,23-24,31,34-36H,19-22H2,1-6H3,(H,41,46)/t23?,24-,31+,35?,36?,56?/m0/s1. The highest BCUT2D eigenvalue weighted by Gasteiger charge is 2.48. The molecular formula is C40H45N2O13P. The summed E-state index contributed by atoms with van der Waals surface area (Å²) in [7, 11) is -3.97. The lowest BCUT2D eigenvalue weighted by molar-refractivity contribution is -0.177. The van der Waals surface area contributed by atoms with Crippen LogP contribution < -0.4 is 9.84 Å². The van der Waals surface area contributed by atoms with Crippen molar-refractivity contribution < 1.29 is 61.4 Å². The van der Waals surface area contributed by atoms with E-state index in [0.717, 1.165) is 22.3 Å². The summed E-state index contributed by atoms with van der Waals surface area (Å²) >= 11 is 0. The third-order valence-electron chi connectivity index (χ3n) is 9.57. The van der Waals surface area contributed by atoms with Gasteiger partial charge in [0.1, 0.15) is 37.3 Å². The van der Waals surface area contributed by atoms with Crippen LogP contribution in [0.2, 0.25) is 0 Å². The Balaban J connectivity index is 1.11. The Morgan fingerprint density at radius 2 is 1.50 bits per heavy atom. The summed E-state index contributed by atoms with van der Waals surface area (Å²) in [6.07, 6.45) is -5.36. The van der Waals surface area contributed by atoms with E-state index in [2.05, 4.69) is 5.32 Å².